The number of benzene rings is 1. The van der Waals surface area contributed by atoms with E-state index >= 15 is 0 Å². The van der Waals surface area contributed by atoms with E-state index in [1.54, 1.807) is 18.8 Å². The van der Waals surface area contributed by atoms with Gasteiger partial charge in [-0.2, -0.15) is 5.10 Å². The molecule has 15 heavy (non-hydrogen) atoms. The highest BCUT2D eigenvalue weighted by Crippen LogP contribution is 2.29. The van der Waals surface area contributed by atoms with E-state index in [0.29, 0.717) is 5.69 Å². The number of ether oxygens (including phenoxy) is 1. The molecule has 0 fully saturated rings. The molecule has 0 atom stereocenters. The summed E-state index contributed by atoms with van der Waals surface area (Å²) in [5.41, 5.74) is 1.62. The number of aromatic nitrogens is 2. The summed E-state index contributed by atoms with van der Waals surface area (Å²) in [7, 11) is 3.41. The molecule has 0 spiro atoms. The molecule has 0 unspecified atom stereocenters. The smallest absolute Gasteiger partial charge is 0.161 e. The molecule has 0 saturated carbocycles. The number of hydrogen-bond donors (Lipinski definition) is 1. The van der Waals surface area contributed by atoms with Gasteiger partial charge >= 0.3 is 0 Å². The lowest BCUT2D eigenvalue weighted by Crippen LogP contribution is -1.93. The second-order valence-electron chi connectivity index (χ2n) is 3.23. The second-order valence-corrected chi connectivity index (χ2v) is 3.23. The average Bonchev–Trinajstić information content (AvgIpc) is 2.59. The van der Waals surface area contributed by atoms with Crippen molar-refractivity contribution < 1.29 is 9.84 Å². The second kappa shape index (κ2) is 3.65. The lowest BCUT2D eigenvalue weighted by Gasteiger charge is -2.04. The molecule has 0 saturated heterocycles. The summed E-state index contributed by atoms with van der Waals surface area (Å²) in [6.45, 7) is 0. The molecule has 0 radical (unpaired) electrons. The third-order valence-corrected chi connectivity index (χ3v) is 2.28. The van der Waals surface area contributed by atoms with Gasteiger partial charge in [0.2, 0.25) is 0 Å². The van der Waals surface area contributed by atoms with Gasteiger partial charge < -0.3 is 9.84 Å². The standard InChI is InChI=1S/C11H12N2O2/c1-13-11(10(14)7-12-13)8-3-5-9(15-2)6-4-8/h3-7,14H,1-2H3. The third kappa shape index (κ3) is 1.66. The van der Waals surface area contributed by atoms with Crippen LogP contribution >= 0.6 is 0 Å². The highest BCUT2D eigenvalue weighted by atomic mass is 16.5. The maximum Gasteiger partial charge on any atom is 0.161 e. The normalized spacial score (nSPS) is 10.3. The van der Waals surface area contributed by atoms with Crippen LogP contribution in [0.25, 0.3) is 11.3 Å². The number of aromatic hydroxyl groups is 1. The van der Waals surface area contributed by atoms with Gasteiger partial charge in [0.15, 0.2) is 5.75 Å². The number of hydrogen-bond acceptors (Lipinski definition) is 3. The highest BCUT2D eigenvalue weighted by Gasteiger charge is 2.09. The fraction of sp³-hybridized carbons (Fsp3) is 0.182. The van der Waals surface area contributed by atoms with E-state index in [0.717, 1.165) is 11.3 Å². The van der Waals surface area contributed by atoms with Gasteiger partial charge in [-0.3, -0.25) is 4.68 Å². The Bertz CT molecular complexity index is 440. The fourth-order valence-corrected chi connectivity index (χ4v) is 1.51. The molecular formula is C11H12N2O2. The lowest BCUT2D eigenvalue weighted by molar-refractivity contribution is 0.415. The van der Waals surface area contributed by atoms with Crippen LogP contribution in [0.15, 0.2) is 30.5 Å². The Morgan fingerprint density at radius 2 is 1.93 bits per heavy atom. The molecule has 0 amide bonds. The first-order chi connectivity index (χ1) is 7.22. The van der Waals surface area contributed by atoms with E-state index in [4.69, 9.17) is 4.74 Å². The number of rotatable bonds is 2. The highest BCUT2D eigenvalue weighted by molar-refractivity contribution is 5.66. The lowest BCUT2D eigenvalue weighted by atomic mass is 10.1. The van der Waals surface area contributed by atoms with E-state index in [1.165, 1.54) is 6.20 Å². The van der Waals surface area contributed by atoms with Crippen LogP contribution in [0, 0.1) is 0 Å². The minimum atomic E-state index is 0.183. The summed E-state index contributed by atoms with van der Waals surface area (Å²) in [6.07, 6.45) is 1.43. The van der Waals surface area contributed by atoms with Crippen molar-refractivity contribution in [2.45, 2.75) is 0 Å². The first kappa shape index (κ1) is 9.58. The van der Waals surface area contributed by atoms with Crippen molar-refractivity contribution in [1.82, 2.24) is 9.78 Å². The van der Waals surface area contributed by atoms with Gasteiger partial charge in [-0.1, -0.05) is 0 Å². The summed E-state index contributed by atoms with van der Waals surface area (Å²) in [4.78, 5) is 0. The first-order valence-electron chi connectivity index (χ1n) is 4.58. The molecule has 2 rings (SSSR count). The molecule has 0 bridgehead atoms. The molecule has 1 aromatic heterocycles. The van der Waals surface area contributed by atoms with Crippen molar-refractivity contribution in [3.05, 3.63) is 30.5 Å². The molecule has 1 aromatic carbocycles. The van der Waals surface area contributed by atoms with Crippen molar-refractivity contribution in [3.63, 3.8) is 0 Å². The van der Waals surface area contributed by atoms with Crippen LogP contribution < -0.4 is 4.74 Å². The molecule has 0 aliphatic heterocycles. The van der Waals surface area contributed by atoms with Gasteiger partial charge in [0.25, 0.3) is 0 Å². The summed E-state index contributed by atoms with van der Waals surface area (Å²) in [5, 5.41) is 13.6. The monoisotopic (exact) mass is 204 g/mol. The predicted octanol–water partition coefficient (Wildman–Crippen LogP) is 1.80. The topological polar surface area (TPSA) is 47.3 Å². The quantitative estimate of drug-likeness (QED) is 0.811. The van der Waals surface area contributed by atoms with Crippen molar-refractivity contribution in [2.24, 2.45) is 7.05 Å². The van der Waals surface area contributed by atoms with Gasteiger partial charge in [0.1, 0.15) is 11.4 Å². The van der Waals surface area contributed by atoms with Crippen LogP contribution in [-0.2, 0) is 7.05 Å². The van der Waals surface area contributed by atoms with E-state index < -0.39 is 0 Å². The maximum atomic E-state index is 9.60. The van der Waals surface area contributed by atoms with Gasteiger partial charge in [0.05, 0.1) is 13.3 Å². The average molecular weight is 204 g/mol. The van der Waals surface area contributed by atoms with Crippen LogP contribution in [0.3, 0.4) is 0 Å². The van der Waals surface area contributed by atoms with Crippen molar-refractivity contribution in [2.75, 3.05) is 7.11 Å². The molecule has 1 N–H and O–H groups in total. The van der Waals surface area contributed by atoms with E-state index in [2.05, 4.69) is 5.10 Å². The fourth-order valence-electron chi connectivity index (χ4n) is 1.51. The molecule has 2 aromatic rings. The van der Waals surface area contributed by atoms with Crippen LogP contribution in [0.2, 0.25) is 0 Å². The summed E-state index contributed by atoms with van der Waals surface area (Å²) in [6, 6.07) is 7.47. The van der Waals surface area contributed by atoms with Gasteiger partial charge in [-0.05, 0) is 24.3 Å². The van der Waals surface area contributed by atoms with E-state index in [1.807, 2.05) is 24.3 Å². The predicted molar refractivity (Wildman–Crippen MR) is 56.9 cm³/mol. The number of aryl methyl sites for hydroxylation is 1. The van der Waals surface area contributed by atoms with Crippen LogP contribution in [0.5, 0.6) is 11.5 Å². The van der Waals surface area contributed by atoms with Crippen LogP contribution in [-0.4, -0.2) is 22.0 Å². The van der Waals surface area contributed by atoms with E-state index in [-0.39, 0.29) is 5.75 Å². The Labute approximate surface area is 87.7 Å². The molecule has 78 valence electrons. The minimum Gasteiger partial charge on any atom is -0.504 e. The molecule has 4 nitrogen and oxygen atoms in total. The molecule has 0 aliphatic rings. The van der Waals surface area contributed by atoms with E-state index in [9.17, 15) is 5.11 Å². The van der Waals surface area contributed by atoms with Crippen molar-refractivity contribution in [3.8, 4) is 22.8 Å². The third-order valence-electron chi connectivity index (χ3n) is 2.28. The molecule has 1 heterocycles. The number of methoxy groups -OCH3 is 1. The Balaban J connectivity index is 2.45. The zero-order chi connectivity index (χ0) is 10.8. The van der Waals surface area contributed by atoms with Gasteiger partial charge in [-0.25, -0.2) is 0 Å². The molecule has 4 heteroatoms. The molecular weight excluding hydrogens is 192 g/mol. The van der Waals surface area contributed by atoms with Crippen molar-refractivity contribution in [1.29, 1.82) is 0 Å². The Hall–Kier alpha value is -1.97. The van der Waals surface area contributed by atoms with Gasteiger partial charge in [0, 0.05) is 12.6 Å². The summed E-state index contributed by atoms with van der Waals surface area (Å²) < 4.78 is 6.70. The van der Waals surface area contributed by atoms with Crippen LogP contribution in [0.1, 0.15) is 0 Å². The first-order valence-corrected chi connectivity index (χ1v) is 4.58. The largest absolute Gasteiger partial charge is 0.504 e. The zero-order valence-corrected chi connectivity index (χ0v) is 8.64. The number of nitrogens with zero attached hydrogens (tertiary/aromatic N) is 2. The Kier molecular flexibility index (Phi) is 2.33. The maximum absolute atomic E-state index is 9.60. The van der Waals surface area contributed by atoms with Crippen LogP contribution in [0.4, 0.5) is 0 Å². The van der Waals surface area contributed by atoms with Gasteiger partial charge in [-0.15, -0.1) is 0 Å². The SMILES string of the molecule is COc1ccc(-c2c(O)cnn2C)cc1. The van der Waals surface area contributed by atoms with Crippen molar-refractivity contribution >= 4 is 0 Å². The zero-order valence-electron chi connectivity index (χ0n) is 8.64. The summed E-state index contributed by atoms with van der Waals surface area (Å²) in [5.74, 6) is 0.975. The summed E-state index contributed by atoms with van der Waals surface area (Å²) >= 11 is 0. The molecule has 0 aliphatic carbocycles. The Morgan fingerprint density at radius 1 is 1.27 bits per heavy atom. The minimum absolute atomic E-state index is 0.183. The Morgan fingerprint density at radius 3 is 2.40 bits per heavy atom.